The van der Waals surface area contributed by atoms with E-state index < -0.39 is 0 Å². The molecule has 1 fully saturated rings. The highest BCUT2D eigenvalue weighted by Gasteiger charge is 2.19. The molecule has 1 amide bonds. The number of aliphatic imine (C=N–C) groups is 1. The lowest BCUT2D eigenvalue weighted by atomic mass is 10.1. The number of aromatic nitrogens is 1. The van der Waals surface area contributed by atoms with E-state index in [2.05, 4.69) is 44.9 Å². The summed E-state index contributed by atoms with van der Waals surface area (Å²) in [4.78, 5) is 21.1. The van der Waals surface area contributed by atoms with Crippen LogP contribution < -0.4 is 10.6 Å². The van der Waals surface area contributed by atoms with Gasteiger partial charge in [-0.05, 0) is 47.7 Å². The van der Waals surface area contributed by atoms with Gasteiger partial charge in [-0.25, -0.2) is 4.39 Å². The number of fused-ring (bicyclic) bond motifs is 1. The molecule has 0 radical (unpaired) electrons. The predicted octanol–water partition coefficient (Wildman–Crippen LogP) is 3.34. The maximum absolute atomic E-state index is 13.3. The number of amides is 1. The van der Waals surface area contributed by atoms with Crippen molar-refractivity contribution in [1.29, 1.82) is 0 Å². The number of guanidine groups is 1. The number of rotatable bonds is 7. The monoisotopic (exact) mass is 421 g/mol. The average Bonchev–Trinajstić information content (AvgIpc) is 3.37. The van der Waals surface area contributed by atoms with Gasteiger partial charge in [0.25, 0.3) is 0 Å². The van der Waals surface area contributed by atoms with Crippen LogP contribution in [0, 0.1) is 5.82 Å². The predicted molar refractivity (Wildman–Crippen MR) is 121 cm³/mol. The molecule has 162 valence electrons. The molecule has 0 aliphatic carbocycles. The molecule has 0 atom stereocenters. The van der Waals surface area contributed by atoms with E-state index in [-0.39, 0.29) is 11.7 Å². The Balaban J connectivity index is 1.24. The van der Waals surface area contributed by atoms with Crippen LogP contribution in [0.5, 0.6) is 0 Å². The highest BCUT2D eigenvalue weighted by molar-refractivity contribution is 5.83. The lowest BCUT2D eigenvalue weighted by Gasteiger charge is -2.16. The molecule has 3 N–H and O–H groups in total. The van der Waals surface area contributed by atoms with Crippen LogP contribution in [-0.2, 0) is 24.3 Å². The van der Waals surface area contributed by atoms with Gasteiger partial charge in [-0.1, -0.05) is 24.3 Å². The summed E-state index contributed by atoms with van der Waals surface area (Å²) in [6.07, 6.45) is 4.37. The Labute approximate surface area is 181 Å². The molecule has 1 aliphatic rings. The van der Waals surface area contributed by atoms with Crippen LogP contribution in [0.2, 0.25) is 0 Å². The van der Waals surface area contributed by atoms with E-state index in [9.17, 15) is 9.18 Å². The quantitative estimate of drug-likeness (QED) is 0.405. The fourth-order valence-corrected chi connectivity index (χ4v) is 3.94. The molecule has 2 aromatic carbocycles. The molecule has 0 spiro atoms. The highest BCUT2D eigenvalue weighted by Crippen LogP contribution is 2.19. The molecule has 0 unspecified atom stereocenters. The number of nitrogens with one attached hydrogen (secondary N) is 3. The van der Waals surface area contributed by atoms with Crippen LogP contribution in [0.1, 0.15) is 29.5 Å². The molecule has 1 aliphatic heterocycles. The Morgan fingerprint density at radius 2 is 1.97 bits per heavy atom. The summed E-state index contributed by atoms with van der Waals surface area (Å²) in [7, 11) is 1.75. The van der Waals surface area contributed by atoms with Crippen molar-refractivity contribution in [3.05, 3.63) is 71.2 Å². The number of hydrogen-bond acceptors (Lipinski definition) is 2. The van der Waals surface area contributed by atoms with Gasteiger partial charge >= 0.3 is 0 Å². The normalized spacial score (nSPS) is 14.5. The minimum absolute atomic E-state index is 0.235. The molecular formula is C24H28FN5O. The summed E-state index contributed by atoms with van der Waals surface area (Å²) in [6.45, 7) is 2.93. The number of carbonyl (C=O) groups is 1. The van der Waals surface area contributed by atoms with Crippen LogP contribution in [0.15, 0.2) is 53.7 Å². The number of nitrogens with zero attached hydrogens (tertiary/aromatic N) is 2. The molecule has 0 bridgehead atoms. The van der Waals surface area contributed by atoms with Crippen molar-refractivity contribution in [1.82, 2.24) is 20.5 Å². The van der Waals surface area contributed by atoms with Gasteiger partial charge < -0.3 is 20.5 Å². The fraction of sp³-hybridized carbons (Fsp3) is 0.333. The molecule has 3 aromatic rings. The van der Waals surface area contributed by atoms with Gasteiger partial charge in [0.05, 0.1) is 0 Å². The van der Waals surface area contributed by atoms with Gasteiger partial charge in [0.1, 0.15) is 5.82 Å². The minimum atomic E-state index is -0.235. The van der Waals surface area contributed by atoms with Gasteiger partial charge in [0.15, 0.2) is 5.96 Å². The number of carbonyl (C=O) groups excluding carboxylic acids is 1. The summed E-state index contributed by atoms with van der Waals surface area (Å²) >= 11 is 0. The maximum atomic E-state index is 13.3. The summed E-state index contributed by atoms with van der Waals surface area (Å²) in [6, 6.07) is 13.1. The highest BCUT2D eigenvalue weighted by atomic mass is 19.1. The lowest BCUT2D eigenvalue weighted by Crippen LogP contribution is -2.37. The smallest absolute Gasteiger partial charge is 0.222 e. The van der Waals surface area contributed by atoms with Crippen molar-refractivity contribution in [2.75, 3.05) is 20.1 Å². The van der Waals surface area contributed by atoms with E-state index in [4.69, 9.17) is 0 Å². The summed E-state index contributed by atoms with van der Waals surface area (Å²) in [5.74, 6) is 0.749. The van der Waals surface area contributed by atoms with Crippen molar-refractivity contribution in [2.24, 2.45) is 4.99 Å². The third-order valence-corrected chi connectivity index (χ3v) is 5.67. The molecule has 31 heavy (non-hydrogen) atoms. The maximum Gasteiger partial charge on any atom is 0.222 e. The number of H-pyrrole nitrogens is 1. The molecule has 7 heteroatoms. The van der Waals surface area contributed by atoms with Crippen molar-refractivity contribution < 1.29 is 9.18 Å². The minimum Gasteiger partial charge on any atom is -0.361 e. The van der Waals surface area contributed by atoms with Crippen molar-refractivity contribution in [3.8, 4) is 0 Å². The first-order valence-corrected chi connectivity index (χ1v) is 10.7. The molecular weight excluding hydrogens is 393 g/mol. The number of likely N-dealkylation sites (tertiary alicyclic amines) is 1. The first-order chi connectivity index (χ1) is 15.1. The molecule has 6 nitrogen and oxygen atoms in total. The molecule has 4 rings (SSSR count). The summed E-state index contributed by atoms with van der Waals surface area (Å²) in [5.41, 5.74) is 4.26. The van der Waals surface area contributed by atoms with Gasteiger partial charge in [0, 0.05) is 56.7 Å². The van der Waals surface area contributed by atoms with E-state index >= 15 is 0 Å². The zero-order valence-corrected chi connectivity index (χ0v) is 17.7. The zero-order chi connectivity index (χ0) is 21.6. The second kappa shape index (κ2) is 9.64. The van der Waals surface area contributed by atoms with Crippen molar-refractivity contribution in [2.45, 2.75) is 32.4 Å². The molecule has 0 saturated carbocycles. The standard InChI is InChI=1S/C24H28FN5O/c1-26-24(27-11-10-19-15-28-22-13-20(25)8-9-21(19)22)29-14-17-4-6-18(7-5-17)16-30-12-2-3-23(30)31/h4-9,13,15,28H,2-3,10-12,14,16H2,1H3,(H2,26,27,29). The fourth-order valence-electron chi connectivity index (χ4n) is 3.94. The third-order valence-electron chi connectivity index (χ3n) is 5.67. The van der Waals surface area contributed by atoms with E-state index in [0.717, 1.165) is 52.9 Å². The van der Waals surface area contributed by atoms with Gasteiger partial charge in [-0.3, -0.25) is 9.79 Å². The van der Waals surface area contributed by atoms with Crippen LogP contribution in [0.4, 0.5) is 4.39 Å². The number of hydrogen-bond donors (Lipinski definition) is 3. The number of benzene rings is 2. The van der Waals surface area contributed by atoms with E-state index in [0.29, 0.717) is 26.1 Å². The van der Waals surface area contributed by atoms with Crippen molar-refractivity contribution >= 4 is 22.8 Å². The van der Waals surface area contributed by atoms with E-state index in [1.165, 1.54) is 12.1 Å². The zero-order valence-electron chi connectivity index (χ0n) is 17.7. The van der Waals surface area contributed by atoms with Crippen LogP contribution >= 0.6 is 0 Å². The van der Waals surface area contributed by atoms with Gasteiger partial charge in [-0.2, -0.15) is 0 Å². The molecule has 1 aromatic heterocycles. The Morgan fingerprint density at radius 3 is 2.71 bits per heavy atom. The molecule has 1 saturated heterocycles. The topological polar surface area (TPSA) is 72.5 Å². The van der Waals surface area contributed by atoms with Gasteiger partial charge in [0.2, 0.25) is 5.91 Å². The van der Waals surface area contributed by atoms with Crippen LogP contribution in [0.3, 0.4) is 0 Å². The SMILES string of the molecule is CN=C(NCCc1c[nH]c2cc(F)ccc12)NCc1ccc(CN2CCCC2=O)cc1. The molecule has 2 heterocycles. The van der Waals surface area contributed by atoms with Crippen LogP contribution in [-0.4, -0.2) is 41.9 Å². The second-order valence-corrected chi connectivity index (χ2v) is 7.84. The first-order valence-electron chi connectivity index (χ1n) is 10.7. The van der Waals surface area contributed by atoms with E-state index in [1.807, 2.05) is 17.2 Å². The summed E-state index contributed by atoms with van der Waals surface area (Å²) in [5, 5.41) is 7.70. The first kappa shape index (κ1) is 20.9. The Hall–Kier alpha value is -3.35. The third kappa shape index (κ3) is 5.23. The second-order valence-electron chi connectivity index (χ2n) is 7.84. The van der Waals surface area contributed by atoms with Crippen LogP contribution in [0.25, 0.3) is 10.9 Å². The number of aromatic amines is 1. The summed E-state index contributed by atoms with van der Waals surface area (Å²) < 4.78 is 13.3. The van der Waals surface area contributed by atoms with Crippen molar-refractivity contribution in [3.63, 3.8) is 0 Å². The number of halogens is 1. The van der Waals surface area contributed by atoms with Gasteiger partial charge in [-0.15, -0.1) is 0 Å². The largest absolute Gasteiger partial charge is 0.361 e. The average molecular weight is 422 g/mol. The Bertz CT molecular complexity index is 1070. The Kier molecular flexibility index (Phi) is 6.50. The lowest BCUT2D eigenvalue weighted by molar-refractivity contribution is -0.128. The Morgan fingerprint density at radius 1 is 1.16 bits per heavy atom. The van der Waals surface area contributed by atoms with E-state index in [1.54, 1.807) is 7.05 Å².